The van der Waals surface area contributed by atoms with Gasteiger partial charge >= 0.3 is 9.05 Å². The maximum atomic E-state index is 11.9. The van der Waals surface area contributed by atoms with Crippen LogP contribution in [0.25, 0.3) is 0 Å². The van der Waals surface area contributed by atoms with Crippen molar-refractivity contribution < 1.29 is 25.6 Å². The standard InChI is InChI=1S/C9H14O6SSi/c1-12-17(13-2,14-3)15-16(10,11)9-7-5-4-6-8-9/h4-8H,1-3H3. The maximum absolute atomic E-state index is 11.9. The van der Waals surface area contributed by atoms with Gasteiger partial charge in [0.25, 0.3) is 10.1 Å². The molecule has 8 heteroatoms. The van der Waals surface area contributed by atoms with Crippen LogP contribution in [-0.4, -0.2) is 38.8 Å². The van der Waals surface area contributed by atoms with Gasteiger partial charge in [-0.1, -0.05) is 18.2 Å². The van der Waals surface area contributed by atoms with Gasteiger partial charge in [-0.15, -0.1) is 0 Å². The van der Waals surface area contributed by atoms with Crippen molar-refractivity contribution in [1.29, 1.82) is 0 Å². The minimum atomic E-state index is -3.97. The summed E-state index contributed by atoms with van der Waals surface area (Å²) in [6.07, 6.45) is 0. The quantitative estimate of drug-likeness (QED) is 0.716. The fourth-order valence-electron chi connectivity index (χ4n) is 1.12. The van der Waals surface area contributed by atoms with E-state index < -0.39 is 19.2 Å². The maximum Gasteiger partial charge on any atom is 0.694 e. The molecule has 0 radical (unpaired) electrons. The molecule has 17 heavy (non-hydrogen) atoms. The Morgan fingerprint density at radius 1 is 0.941 bits per heavy atom. The minimum Gasteiger partial charge on any atom is -0.354 e. The Labute approximate surface area is 102 Å². The molecule has 1 aromatic carbocycles. The molecule has 0 spiro atoms. The van der Waals surface area contributed by atoms with Gasteiger partial charge < -0.3 is 13.3 Å². The molecular formula is C9H14O6SSi. The van der Waals surface area contributed by atoms with Crippen molar-refractivity contribution in [3.63, 3.8) is 0 Å². The van der Waals surface area contributed by atoms with Crippen LogP contribution in [0.4, 0.5) is 0 Å². The van der Waals surface area contributed by atoms with Crippen molar-refractivity contribution in [1.82, 2.24) is 0 Å². The fourth-order valence-corrected chi connectivity index (χ4v) is 4.39. The summed E-state index contributed by atoms with van der Waals surface area (Å²) in [5.74, 6) is 0. The highest BCUT2D eigenvalue weighted by atomic mass is 32.2. The lowest BCUT2D eigenvalue weighted by atomic mass is 10.4. The van der Waals surface area contributed by atoms with Crippen LogP contribution in [0.1, 0.15) is 0 Å². The van der Waals surface area contributed by atoms with Gasteiger partial charge in [0.1, 0.15) is 0 Å². The van der Waals surface area contributed by atoms with E-state index >= 15 is 0 Å². The Morgan fingerprint density at radius 2 is 1.41 bits per heavy atom. The van der Waals surface area contributed by atoms with Crippen LogP contribution in [0.2, 0.25) is 0 Å². The summed E-state index contributed by atoms with van der Waals surface area (Å²) in [4.78, 5) is 0.0167. The number of benzene rings is 1. The van der Waals surface area contributed by atoms with Gasteiger partial charge in [-0.3, -0.25) is 0 Å². The smallest absolute Gasteiger partial charge is 0.354 e. The molecule has 0 aliphatic carbocycles. The lowest BCUT2D eigenvalue weighted by Gasteiger charge is -2.22. The van der Waals surface area contributed by atoms with Crippen LogP contribution in [0.3, 0.4) is 0 Å². The molecule has 0 unspecified atom stereocenters. The highest BCUT2D eigenvalue weighted by Gasteiger charge is 2.47. The Kier molecular flexibility index (Phi) is 4.80. The molecular weight excluding hydrogens is 264 g/mol. The zero-order valence-electron chi connectivity index (χ0n) is 9.74. The first-order valence-electron chi connectivity index (χ1n) is 4.66. The predicted octanol–water partition coefficient (Wildman–Crippen LogP) is 0.767. The zero-order valence-corrected chi connectivity index (χ0v) is 11.6. The summed E-state index contributed by atoms with van der Waals surface area (Å²) in [6, 6.07) is 7.70. The second kappa shape index (κ2) is 5.71. The molecule has 0 heterocycles. The molecule has 0 atom stereocenters. The molecule has 0 aromatic heterocycles. The molecule has 1 aromatic rings. The van der Waals surface area contributed by atoms with Crippen LogP contribution < -0.4 is 0 Å². The van der Waals surface area contributed by atoms with E-state index in [0.717, 1.165) is 0 Å². The van der Waals surface area contributed by atoms with Crippen molar-refractivity contribution >= 4 is 19.2 Å². The Balaban J connectivity index is 3.01. The molecule has 0 saturated carbocycles. The van der Waals surface area contributed by atoms with Crippen LogP contribution >= 0.6 is 0 Å². The van der Waals surface area contributed by atoms with E-state index in [4.69, 9.17) is 17.2 Å². The number of hydrogen-bond acceptors (Lipinski definition) is 6. The van der Waals surface area contributed by atoms with Crippen molar-refractivity contribution in [3.05, 3.63) is 30.3 Å². The van der Waals surface area contributed by atoms with Crippen molar-refractivity contribution in [2.24, 2.45) is 0 Å². The molecule has 0 fully saturated rings. The fraction of sp³-hybridized carbons (Fsp3) is 0.333. The van der Waals surface area contributed by atoms with Gasteiger partial charge in [-0.05, 0) is 12.1 Å². The summed E-state index contributed by atoms with van der Waals surface area (Å²) in [5, 5.41) is 0. The molecule has 0 bridgehead atoms. The first-order chi connectivity index (χ1) is 7.99. The minimum absolute atomic E-state index is 0.0167. The summed E-state index contributed by atoms with van der Waals surface area (Å²) in [7, 11) is -3.80. The Morgan fingerprint density at radius 3 is 1.82 bits per heavy atom. The Hall–Kier alpha value is -0.773. The third-order valence-electron chi connectivity index (χ3n) is 1.99. The molecule has 0 saturated heterocycles. The number of rotatable bonds is 6. The second-order valence-corrected chi connectivity index (χ2v) is 7.23. The summed E-state index contributed by atoms with van der Waals surface area (Å²) < 4.78 is 43.4. The SMILES string of the molecule is CO[Si](OC)(OC)OS(=O)(=O)c1ccccc1. The van der Waals surface area contributed by atoms with Gasteiger partial charge in [0.05, 0.1) is 4.90 Å². The van der Waals surface area contributed by atoms with E-state index in [1.165, 1.54) is 33.5 Å². The summed E-state index contributed by atoms with van der Waals surface area (Å²) in [6.45, 7) is 0. The third kappa shape index (κ3) is 3.34. The van der Waals surface area contributed by atoms with E-state index in [1.54, 1.807) is 18.2 Å². The third-order valence-corrected chi connectivity index (χ3v) is 6.04. The van der Waals surface area contributed by atoms with E-state index in [-0.39, 0.29) is 4.90 Å². The Bertz CT molecular complexity index is 434. The van der Waals surface area contributed by atoms with Crippen molar-refractivity contribution in [3.8, 4) is 0 Å². The van der Waals surface area contributed by atoms with Crippen LogP contribution in [0, 0.1) is 0 Å². The van der Waals surface area contributed by atoms with E-state index in [1.807, 2.05) is 0 Å². The zero-order chi connectivity index (χ0) is 12.9. The van der Waals surface area contributed by atoms with Crippen LogP contribution in [0.5, 0.6) is 0 Å². The normalized spacial score (nSPS) is 12.6. The topological polar surface area (TPSA) is 71.1 Å². The number of hydrogen-bond donors (Lipinski definition) is 0. The highest BCUT2D eigenvalue weighted by Crippen LogP contribution is 2.18. The van der Waals surface area contributed by atoms with Gasteiger partial charge in [-0.25, -0.2) is 3.87 Å². The van der Waals surface area contributed by atoms with Crippen molar-refractivity contribution in [2.45, 2.75) is 4.90 Å². The van der Waals surface area contributed by atoms with Gasteiger partial charge in [-0.2, -0.15) is 8.42 Å². The molecule has 1 rings (SSSR count). The van der Waals surface area contributed by atoms with E-state index in [2.05, 4.69) is 0 Å². The highest BCUT2D eigenvalue weighted by molar-refractivity contribution is 7.87. The summed E-state index contributed by atoms with van der Waals surface area (Å²) in [5.41, 5.74) is 0. The molecule has 0 amide bonds. The molecule has 96 valence electrons. The molecule has 0 aliphatic heterocycles. The monoisotopic (exact) mass is 278 g/mol. The average Bonchev–Trinajstić information content (AvgIpc) is 2.37. The van der Waals surface area contributed by atoms with Gasteiger partial charge in [0, 0.05) is 21.3 Å². The first-order valence-corrected chi connectivity index (χ1v) is 7.70. The first kappa shape index (κ1) is 14.3. The predicted molar refractivity (Wildman–Crippen MR) is 61.5 cm³/mol. The summed E-state index contributed by atoms with van der Waals surface area (Å²) >= 11 is 0. The second-order valence-electron chi connectivity index (χ2n) is 2.96. The molecule has 0 N–H and O–H groups in total. The van der Waals surface area contributed by atoms with Crippen LogP contribution in [0.15, 0.2) is 35.2 Å². The average molecular weight is 278 g/mol. The largest absolute Gasteiger partial charge is 0.694 e. The van der Waals surface area contributed by atoms with Gasteiger partial charge in [0.2, 0.25) is 0 Å². The van der Waals surface area contributed by atoms with Crippen LogP contribution in [-0.2, 0) is 27.3 Å². The van der Waals surface area contributed by atoms with E-state index in [0.29, 0.717) is 0 Å². The molecule has 6 nitrogen and oxygen atoms in total. The van der Waals surface area contributed by atoms with Crippen molar-refractivity contribution in [2.75, 3.05) is 21.3 Å². The van der Waals surface area contributed by atoms with E-state index in [9.17, 15) is 8.42 Å². The molecule has 0 aliphatic rings. The van der Waals surface area contributed by atoms with Gasteiger partial charge in [0.15, 0.2) is 0 Å². The lowest BCUT2D eigenvalue weighted by molar-refractivity contribution is 0.0537. The lowest BCUT2D eigenvalue weighted by Crippen LogP contribution is -2.47.